The van der Waals surface area contributed by atoms with E-state index in [-0.39, 0.29) is 24.0 Å². The molecule has 0 spiro atoms. The predicted molar refractivity (Wildman–Crippen MR) is 124 cm³/mol. The smallest absolute Gasteiger partial charge is 0.191 e. The first kappa shape index (κ1) is 23.2. The lowest BCUT2D eigenvalue weighted by atomic mass is 10.00. The van der Waals surface area contributed by atoms with E-state index in [1.165, 1.54) is 50.0 Å². The van der Waals surface area contributed by atoms with Gasteiger partial charge in [-0.05, 0) is 45.2 Å². The summed E-state index contributed by atoms with van der Waals surface area (Å²) in [7, 11) is 0. The molecule has 1 heterocycles. The van der Waals surface area contributed by atoms with Crippen LogP contribution in [-0.2, 0) is 0 Å². The number of hydrogen-bond acceptors (Lipinski definition) is 2. The van der Waals surface area contributed by atoms with Crippen LogP contribution in [0.25, 0.3) is 0 Å². The minimum Gasteiger partial charge on any atom is -0.357 e. The SMILES string of the molecule is CCCN1CCC(NC(=NCC(C)c2cccc(C)c2)NCC)CC1.I. The van der Waals surface area contributed by atoms with Crippen LogP contribution < -0.4 is 10.6 Å². The van der Waals surface area contributed by atoms with Crippen molar-refractivity contribution in [1.82, 2.24) is 15.5 Å². The molecule has 1 aromatic carbocycles. The summed E-state index contributed by atoms with van der Waals surface area (Å²) in [4.78, 5) is 7.42. The molecule has 26 heavy (non-hydrogen) atoms. The van der Waals surface area contributed by atoms with Crippen molar-refractivity contribution in [3.63, 3.8) is 0 Å². The fourth-order valence-corrected chi connectivity index (χ4v) is 3.44. The van der Waals surface area contributed by atoms with E-state index in [1.54, 1.807) is 0 Å². The van der Waals surface area contributed by atoms with Crippen LogP contribution >= 0.6 is 24.0 Å². The Morgan fingerprint density at radius 2 is 2.00 bits per heavy atom. The molecule has 0 amide bonds. The van der Waals surface area contributed by atoms with Gasteiger partial charge >= 0.3 is 0 Å². The number of halogens is 1. The summed E-state index contributed by atoms with van der Waals surface area (Å²) in [5.74, 6) is 1.40. The molecule has 1 saturated heterocycles. The fourth-order valence-electron chi connectivity index (χ4n) is 3.44. The van der Waals surface area contributed by atoms with E-state index in [1.807, 2.05) is 0 Å². The van der Waals surface area contributed by atoms with Crippen LogP contribution in [0.15, 0.2) is 29.3 Å². The molecular formula is C21H37IN4. The molecule has 4 nitrogen and oxygen atoms in total. The Morgan fingerprint density at radius 3 is 2.62 bits per heavy atom. The van der Waals surface area contributed by atoms with Crippen LogP contribution in [0.2, 0.25) is 0 Å². The maximum absolute atomic E-state index is 4.85. The van der Waals surface area contributed by atoms with E-state index in [4.69, 9.17) is 4.99 Å². The number of piperidine rings is 1. The zero-order valence-corrected chi connectivity index (χ0v) is 19.3. The average molecular weight is 472 g/mol. The van der Waals surface area contributed by atoms with Gasteiger partial charge in [0.25, 0.3) is 0 Å². The molecule has 0 radical (unpaired) electrons. The number of likely N-dealkylation sites (tertiary alicyclic amines) is 1. The Kier molecular flexibility index (Phi) is 11.2. The standard InChI is InChI=1S/C21H36N4.HI/c1-5-12-25-13-10-20(11-14-25)24-21(22-6-2)23-16-18(4)19-9-7-8-17(3)15-19;/h7-9,15,18,20H,5-6,10-14,16H2,1-4H3,(H2,22,23,24);1H. The molecule has 0 bridgehead atoms. The van der Waals surface area contributed by atoms with Crippen molar-refractivity contribution in [2.24, 2.45) is 4.99 Å². The van der Waals surface area contributed by atoms with Crippen molar-refractivity contribution >= 4 is 29.9 Å². The van der Waals surface area contributed by atoms with Crippen molar-refractivity contribution in [3.05, 3.63) is 35.4 Å². The van der Waals surface area contributed by atoms with Crippen molar-refractivity contribution in [3.8, 4) is 0 Å². The molecule has 0 aliphatic carbocycles. The minimum atomic E-state index is 0. The maximum Gasteiger partial charge on any atom is 0.191 e. The Hall–Kier alpha value is -0.820. The number of hydrogen-bond donors (Lipinski definition) is 2. The van der Waals surface area contributed by atoms with Crippen molar-refractivity contribution in [1.29, 1.82) is 0 Å². The summed E-state index contributed by atoms with van der Waals surface area (Å²) in [5, 5.41) is 7.06. The summed E-state index contributed by atoms with van der Waals surface area (Å²) in [6.07, 6.45) is 3.66. The molecule has 1 aromatic rings. The zero-order chi connectivity index (χ0) is 18.1. The van der Waals surface area contributed by atoms with E-state index in [9.17, 15) is 0 Å². The lowest BCUT2D eigenvalue weighted by Gasteiger charge is -2.32. The molecule has 148 valence electrons. The maximum atomic E-state index is 4.85. The molecule has 1 aliphatic rings. The average Bonchev–Trinajstić information content (AvgIpc) is 2.61. The molecule has 0 saturated carbocycles. The van der Waals surface area contributed by atoms with Gasteiger partial charge in [0.15, 0.2) is 5.96 Å². The van der Waals surface area contributed by atoms with E-state index in [0.717, 1.165) is 19.0 Å². The summed E-state index contributed by atoms with van der Waals surface area (Å²) in [6, 6.07) is 9.30. The number of aryl methyl sites for hydroxylation is 1. The minimum absolute atomic E-state index is 0. The monoisotopic (exact) mass is 472 g/mol. The second-order valence-corrected chi connectivity index (χ2v) is 7.30. The lowest BCUT2D eigenvalue weighted by Crippen LogP contribution is -2.48. The van der Waals surface area contributed by atoms with E-state index in [2.05, 4.69) is 67.5 Å². The molecule has 2 N–H and O–H groups in total. The Bertz CT molecular complexity index is 539. The number of nitrogens with one attached hydrogen (secondary N) is 2. The zero-order valence-electron chi connectivity index (χ0n) is 16.9. The highest BCUT2D eigenvalue weighted by atomic mass is 127. The molecule has 1 aliphatic heterocycles. The fraction of sp³-hybridized carbons (Fsp3) is 0.667. The van der Waals surface area contributed by atoms with Gasteiger partial charge in [0.05, 0.1) is 0 Å². The van der Waals surface area contributed by atoms with Crippen LogP contribution in [-0.4, -0.2) is 49.6 Å². The molecule has 1 fully saturated rings. The molecule has 5 heteroatoms. The predicted octanol–water partition coefficient (Wildman–Crippen LogP) is 4.15. The second-order valence-electron chi connectivity index (χ2n) is 7.30. The third-order valence-electron chi connectivity index (χ3n) is 4.95. The number of guanidine groups is 1. The molecule has 1 atom stereocenters. The Morgan fingerprint density at radius 1 is 1.27 bits per heavy atom. The van der Waals surface area contributed by atoms with Gasteiger partial charge in [0.1, 0.15) is 0 Å². The Labute approximate surface area is 177 Å². The molecule has 0 aromatic heterocycles. The quantitative estimate of drug-likeness (QED) is 0.356. The highest BCUT2D eigenvalue weighted by Crippen LogP contribution is 2.17. The molecule has 2 rings (SSSR count). The Balaban J connectivity index is 0.00000338. The van der Waals surface area contributed by atoms with Gasteiger partial charge in [-0.2, -0.15) is 0 Å². The van der Waals surface area contributed by atoms with Crippen LogP contribution in [0.1, 0.15) is 57.1 Å². The van der Waals surface area contributed by atoms with Gasteiger partial charge < -0.3 is 15.5 Å². The van der Waals surface area contributed by atoms with Crippen LogP contribution in [0.3, 0.4) is 0 Å². The normalized spacial score (nSPS) is 17.5. The first-order valence-corrected chi connectivity index (χ1v) is 9.96. The third-order valence-corrected chi connectivity index (χ3v) is 4.95. The van der Waals surface area contributed by atoms with Crippen LogP contribution in [0.4, 0.5) is 0 Å². The topological polar surface area (TPSA) is 39.7 Å². The number of rotatable bonds is 7. The van der Waals surface area contributed by atoms with E-state index >= 15 is 0 Å². The van der Waals surface area contributed by atoms with Crippen molar-refractivity contribution < 1.29 is 0 Å². The van der Waals surface area contributed by atoms with Gasteiger partial charge in [-0.15, -0.1) is 24.0 Å². The van der Waals surface area contributed by atoms with Crippen molar-refractivity contribution in [2.45, 2.75) is 58.9 Å². The second kappa shape index (κ2) is 12.5. The number of benzene rings is 1. The van der Waals surface area contributed by atoms with Crippen molar-refractivity contribution in [2.75, 3.05) is 32.7 Å². The largest absolute Gasteiger partial charge is 0.357 e. The summed E-state index contributed by atoms with van der Waals surface area (Å²) in [6.45, 7) is 14.1. The summed E-state index contributed by atoms with van der Waals surface area (Å²) >= 11 is 0. The lowest BCUT2D eigenvalue weighted by molar-refractivity contribution is 0.206. The van der Waals surface area contributed by atoms with Crippen LogP contribution in [0.5, 0.6) is 0 Å². The summed E-state index contributed by atoms with van der Waals surface area (Å²) < 4.78 is 0. The van der Waals surface area contributed by atoms with Gasteiger partial charge in [-0.1, -0.05) is 43.7 Å². The molecule has 1 unspecified atom stereocenters. The van der Waals surface area contributed by atoms with Gasteiger partial charge in [0.2, 0.25) is 0 Å². The number of aliphatic imine (C=N–C) groups is 1. The number of nitrogens with zero attached hydrogens (tertiary/aromatic N) is 2. The van der Waals surface area contributed by atoms with Gasteiger partial charge in [-0.3, -0.25) is 4.99 Å². The third kappa shape index (κ3) is 7.82. The first-order valence-electron chi connectivity index (χ1n) is 9.96. The highest BCUT2D eigenvalue weighted by Gasteiger charge is 2.19. The first-order chi connectivity index (χ1) is 12.1. The highest BCUT2D eigenvalue weighted by molar-refractivity contribution is 14.0. The van der Waals surface area contributed by atoms with E-state index in [0.29, 0.717) is 12.0 Å². The van der Waals surface area contributed by atoms with E-state index < -0.39 is 0 Å². The van der Waals surface area contributed by atoms with Gasteiger partial charge in [0, 0.05) is 38.1 Å². The molecular weight excluding hydrogens is 435 g/mol. The summed E-state index contributed by atoms with van der Waals surface area (Å²) in [5.41, 5.74) is 2.68. The van der Waals surface area contributed by atoms with Crippen LogP contribution in [0, 0.1) is 6.92 Å². The van der Waals surface area contributed by atoms with Gasteiger partial charge in [-0.25, -0.2) is 0 Å².